The molecule has 2 aromatic carbocycles. The summed E-state index contributed by atoms with van der Waals surface area (Å²) in [4.78, 5) is 13.3. The van der Waals surface area contributed by atoms with E-state index in [1.165, 1.54) is 30.3 Å². The van der Waals surface area contributed by atoms with E-state index in [0.717, 1.165) is 12.1 Å². The van der Waals surface area contributed by atoms with Gasteiger partial charge in [-0.15, -0.1) is 0 Å². The van der Waals surface area contributed by atoms with Crippen LogP contribution in [0.4, 0.5) is 0 Å². The zero-order valence-corrected chi connectivity index (χ0v) is 21.7. The van der Waals surface area contributed by atoms with Crippen LogP contribution in [0.25, 0.3) is 22.3 Å². The van der Waals surface area contributed by atoms with Gasteiger partial charge in [0.2, 0.25) is 12.6 Å². The maximum atomic E-state index is 13.3. The summed E-state index contributed by atoms with van der Waals surface area (Å²) >= 11 is 0. The lowest BCUT2D eigenvalue weighted by molar-refractivity contribution is -0.278. The molecule has 2 aliphatic rings. The fourth-order valence-corrected chi connectivity index (χ4v) is 4.75. The third kappa shape index (κ3) is 5.67. The Morgan fingerprint density at radius 3 is 1.79 bits per heavy atom. The molecule has 0 radical (unpaired) electrons. The number of aliphatic hydroxyl groups is 8. The Morgan fingerprint density at radius 2 is 1.24 bits per heavy atom. The second-order valence-corrected chi connectivity index (χ2v) is 9.95. The normalized spacial score (nSPS) is 33.4. The van der Waals surface area contributed by atoms with Crippen molar-refractivity contribution in [1.29, 1.82) is 0 Å². The maximum Gasteiger partial charge on any atom is 0.229 e. The molecule has 15 nitrogen and oxygen atoms in total. The van der Waals surface area contributed by atoms with E-state index in [-0.39, 0.29) is 34.0 Å². The SMILES string of the molecule is O=c1cc(-c2ccc(O)cc2)oc2cc(OC3O[C@H](CO)[C@@H](O)[C@H](O)[C@H]3O)cc(OC3O[C@H](CO)[C@@H](O)[C@H](O)[C@H]3O)c12. The molecule has 0 aliphatic carbocycles. The third-order valence-corrected chi connectivity index (χ3v) is 7.11. The van der Waals surface area contributed by atoms with Crippen molar-refractivity contribution in [3.8, 4) is 28.6 Å². The number of aliphatic hydroxyl groups excluding tert-OH is 8. The van der Waals surface area contributed by atoms with Crippen LogP contribution in [0.2, 0.25) is 0 Å². The van der Waals surface area contributed by atoms with Gasteiger partial charge in [0.25, 0.3) is 0 Å². The highest BCUT2D eigenvalue weighted by Gasteiger charge is 2.46. The highest BCUT2D eigenvalue weighted by atomic mass is 16.7. The van der Waals surface area contributed by atoms with Crippen LogP contribution < -0.4 is 14.9 Å². The van der Waals surface area contributed by atoms with Crippen molar-refractivity contribution in [1.82, 2.24) is 0 Å². The summed E-state index contributed by atoms with van der Waals surface area (Å²) in [6.45, 7) is -1.44. The van der Waals surface area contributed by atoms with Gasteiger partial charge in [0, 0.05) is 23.8 Å². The Morgan fingerprint density at radius 1 is 0.690 bits per heavy atom. The van der Waals surface area contributed by atoms with Gasteiger partial charge in [0.05, 0.1) is 13.2 Å². The molecule has 2 saturated heterocycles. The first-order chi connectivity index (χ1) is 20.0. The summed E-state index contributed by atoms with van der Waals surface area (Å²) in [5, 5.41) is 89.9. The predicted molar refractivity (Wildman–Crippen MR) is 138 cm³/mol. The van der Waals surface area contributed by atoms with Gasteiger partial charge in [-0.25, -0.2) is 0 Å². The van der Waals surface area contributed by atoms with Crippen molar-refractivity contribution >= 4 is 11.0 Å². The van der Waals surface area contributed by atoms with E-state index in [1.54, 1.807) is 0 Å². The maximum absolute atomic E-state index is 13.3. The van der Waals surface area contributed by atoms with Crippen LogP contribution in [0.3, 0.4) is 0 Å². The Labute approximate surface area is 236 Å². The summed E-state index contributed by atoms with van der Waals surface area (Å²) in [6.07, 6.45) is -16.3. The molecule has 5 rings (SSSR count). The molecule has 3 heterocycles. The van der Waals surface area contributed by atoms with Crippen LogP contribution in [0.1, 0.15) is 0 Å². The van der Waals surface area contributed by atoms with Crippen LogP contribution >= 0.6 is 0 Å². The lowest BCUT2D eigenvalue weighted by Crippen LogP contribution is -2.60. The zero-order valence-electron chi connectivity index (χ0n) is 21.7. The molecule has 228 valence electrons. The van der Waals surface area contributed by atoms with Gasteiger partial charge in [-0.2, -0.15) is 0 Å². The molecule has 2 aliphatic heterocycles. The van der Waals surface area contributed by atoms with Crippen LogP contribution in [0.15, 0.2) is 51.7 Å². The van der Waals surface area contributed by atoms with E-state index < -0.39 is 80.1 Å². The molecule has 0 spiro atoms. The number of benzene rings is 2. The molecule has 1 aromatic heterocycles. The number of ether oxygens (including phenoxy) is 4. The van der Waals surface area contributed by atoms with Crippen molar-refractivity contribution in [2.45, 2.75) is 61.4 Å². The molecular weight excluding hydrogens is 564 g/mol. The fourth-order valence-electron chi connectivity index (χ4n) is 4.75. The minimum Gasteiger partial charge on any atom is -0.508 e. The van der Waals surface area contributed by atoms with Gasteiger partial charge in [0.1, 0.15) is 82.8 Å². The quantitative estimate of drug-likeness (QED) is 0.137. The standard InChI is InChI=1S/C27H30O15/c28-8-17-20(32)22(34)24(36)26(41-17)38-12-5-15-19(13(31)7-14(39-15)10-1-3-11(30)4-2-10)16(6-12)40-27-25(37)23(35)21(33)18(9-29)42-27/h1-7,17-18,20-30,32-37H,8-9H2/t17-,18-,20-,21-,22+,23+,24-,25-,26?,27?/m1/s1. The number of aromatic hydroxyl groups is 1. The van der Waals surface area contributed by atoms with Gasteiger partial charge < -0.3 is 69.3 Å². The number of rotatable bonds is 7. The topological polar surface area (TPSA) is 249 Å². The van der Waals surface area contributed by atoms with Crippen LogP contribution in [-0.2, 0) is 9.47 Å². The molecule has 9 N–H and O–H groups in total. The predicted octanol–water partition coefficient (Wildman–Crippen LogP) is -2.48. The summed E-state index contributed by atoms with van der Waals surface area (Å²) in [7, 11) is 0. The van der Waals surface area contributed by atoms with Gasteiger partial charge >= 0.3 is 0 Å². The molecule has 15 heteroatoms. The first-order valence-corrected chi connectivity index (χ1v) is 12.9. The molecule has 0 amide bonds. The third-order valence-electron chi connectivity index (χ3n) is 7.11. The average Bonchev–Trinajstić information content (AvgIpc) is 2.97. The molecule has 0 saturated carbocycles. The number of hydrogen-bond acceptors (Lipinski definition) is 15. The average molecular weight is 595 g/mol. The second kappa shape index (κ2) is 12.1. The fraction of sp³-hybridized carbons (Fsp3) is 0.444. The number of phenols is 1. The largest absolute Gasteiger partial charge is 0.508 e. The molecular formula is C27H30O15. The molecule has 2 unspecified atom stereocenters. The number of phenolic OH excluding ortho intramolecular Hbond substituents is 1. The van der Waals surface area contributed by atoms with E-state index in [4.69, 9.17) is 23.4 Å². The smallest absolute Gasteiger partial charge is 0.229 e. The highest BCUT2D eigenvalue weighted by Crippen LogP contribution is 2.36. The van der Waals surface area contributed by atoms with Crippen molar-refractivity contribution in [2.75, 3.05) is 13.2 Å². The van der Waals surface area contributed by atoms with Crippen LogP contribution in [-0.4, -0.2) is 121 Å². The Bertz CT molecular complexity index is 1440. The van der Waals surface area contributed by atoms with Crippen molar-refractivity contribution < 1.29 is 69.3 Å². The molecule has 42 heavy (non-hydrogen) atoms. The van der Waals surface area contributed by atoms with Gasteiger partial charge in [-0.3, -0.25) is 4.79 Å². The molecule has 0 bridgehead atoms. The van der Waals surface area contributed by atoms with E-state index in [1.807, 2.05) is 0 Å². The van der Waals surface area contributed by atoms with E-state index >= 15 is 0 Å². The summed E-state index contributed by atoms with van der Waals surface area (Å²) in [6, 6.07) is 9.29. The molecule has 2 fully saturated rings. The summed E-state index contributed by atoms with van der Waals surface area (Å²) in [5.74, 6) is -0.413. The lowest BCUT2D eigenvalue weighted by Gasteiger charge is -2.40. The Kier molecular flexibility index (Phi) is 8.68. The van der Waals surface area contributed by atoms with Gasteiger partial charge in [-0.1, -0.05) is 0 Å². The van der Waals surface area contributed by atoms with E-state index in [2.05, 4.69) is 0 Å². The van der Waals surface area contributed by atoms with Crippen molar-refractivity contribution in [3.63, 3.8) is 0 Å². The molecule has 10 atom stereocenters. The monoisotopic (exact) mass is 594 g/mol. The highest BCUT2D eigenvalue weighted by molar-refractivity contribution is 5.86. The van der Waals surface area contributed by atoms with Crippen LogP contribution in [0, 0.1) is 0 Å². The van der Waals surface area contributed by atoms with E-state index in [0.29, 0.717) is 5.56 Å². The zero-order chi connectivity index (χ0) is 30.3. The minimum atomic E-state index is -1.82. The Hall–Kier alpha value is -3.35. The summed E-state index contributed by atoms with van der Waals surface area (Å²) < 4.78 is 28.2. The van der Waals surface area contributed by atoms with Gasteiger partial charge in [-0.05, 0) is 24.3 Å². The van der Waals surface area contributed by atoms with Crippen molar-refractivity contribution in [2.24, 2.45) is 0 Å². The number of hydrogen-bond donors (Lipinski definition) is 9. The Balaban J connectivity index is 1.58. The lowest BCUT2D eigenvalue weighted by atomic mass is 9.99. The summed E-state index contributed by atoms with van der Waals surface area (Å²) in [5.41, 5.74) is -0.339. The first-order valence-electron chi connectivity index (χ1n) is 12.9. The van der Waals surface area contributed by atoms with Crippen LogP contribution in [0.5, 0.6) is 17.2 Å². The van der Waals surface area contributed by atoms with Crippen molar-refractivity contribution in [3.05, 3.63) is 52.7 Å². The van der Waals surface area contributed by atoms with E-state index in [9.17, 15) is 50.8 Å². The molecule has 3 aromatic rings. The van der Waals surface area contributed by atoms with Gasteiger partial charge in [0.15, 0.2) is 5.43 Å². The first kappa shape index (κ1) is 30.1. The number of fused-ring (bicyclic) bond motifs is 1. The minimum absolute atomic E-state index is 0.0210. The second-order valence-electron chi connectivity index (χ2n) is 9.95.